The number of nitrogens with one attached hydrogen (secondary N) is 1. The normalized spacial score (nSPS) is 17.9. The molecule has 3 rings (SSSR count). The second-order valence-electron chi connectivity index (χ2n) is 8.18. The van der Waals surface area contributed by atoms with Gasteiger partial charge in [-0.1, -0.05) is 36.4 Å². The van der Waals surface area contributed by atoms with Gasteiger partial charge in [0.15, 0.2) is 0 Å². The van der Waals surface area contributed by atoms with Gasteiger partial charge >= 0.3 is 15.4 Å². The first kappa shape index (κ1) is 23.5. The molecule has 2 aromatic carbocycles. The van der Waals surface area contributed by atoms with Gasteiger partial charge in [0.2, 0.25) is 0 Å². The summed E-state index contributed by atoms with van der Waals surface area (Å²) in [5, 5.41) is 2.45. The van der Waals surface area contributed by atoms with Gasteiger partial charge in [-0.15, -0.1) is 0 Å². The van der Waals surface area contributed by atoms with E-state index in [4.69, 9.17) is 18.9 Å². The fourth-order valence-corrected chi connectivity index (χ4v) is 3.16. The molecule has 0 saturated carbocycles. The van der Waals surface area contributed by atoms with Crippen LogP contribution in [-0.4, -0.2) is 35.9 Å². The van der Waals surface area contributed by atoms with Crippen molar-refractivity contribution in [3.63, 3.8) is 0 Å². The van der Waals surface area contributed by atoms with Crippen molar-refractivity contribution in [3.05, 3.63) is 59.7 Å². The first-order valence-corrected chi connectivity index (χ1v) is 11.2. The van der Waals surface area contributed by atoms with Crippen LogP contribution in [0.4, 0.5) is 0 Å². The molecule has 2 N–H and O–H groups in total. The lowest BCUT2D eigenvalue weighted by atomic mass is 9.78. The van der Waals surface area contributed by atoms with Crippen LogP contribution in [0.15, 0.2) is 48.5 Å². The molecule has 1 saturated heterocycles. The molecular weight excluding hydrogens is 420 g/mol. The topological polar surface area (TPSA) is 103 Å². The van der Waals surface area contributed by atoms with E-state index in [1.807, 2.05) is 58.0 Å². The summed E-state index contributed by atoms with van der Waals surface area (Å²) in [7, 11) is -3.74. The van der Waals surface area contributed by atoms with Gasteiger partial charge in [-0.25, -0.2) is 0 Å². The Bertz CT molecular complexity index is 936. The summed E-state index contributed by atoms with van der Waals surface area (Å²) in [6.07, 6.45) is 0. The Morgan fingerprint density at radius 3 is 2.35 bits per heavy atom. The van der Waals surface area contributed by atoms with E-state index in [1.165, 1.54) is 0 Å². The van der Waals surface area contributed by atoms with Crippen molar-refractivity contribution in [2.75, 3.05) is 6.73 Å². The van der Waals surface area contributed by atoms with Crippen molar-refractivity contribution in [3.8, 4) is 5.75 Å². The van der Waals surface area contributed by atoms with E-state index < -0.39 is 32.5 Å². The van der Waals surface area contributed by atoms with Crippen LogP contribution in [0, 0.1) is 0 Å². The number of hydrogen-bond acceptors (Lipinski definition) is 6. The molecule has 0 aliphatic carbocycles. The molecule has 31 heavy (non-hydrogen) atoms. The summed E-state index contributed by atoms with van der Waals surface area (Å²) < 4.78 is 33.4. The maximum Gasteiger partial charge on any atom is 0.494 e. The third kappa shape index (κ3) is 5.76. The van der Waals surface area contributed by atoms with E-state index in [9.17, 15) is 9.36 Å². The number of amides is 1. The standard InChI is InChI=1S/C21H27BNO7P/c1-20(2)21(3,4)30-22(29-20)16-10-11-17(19(24)23-14-28-31(25)26)18(12-16)27-13-15-8-6-5-7-9-15/h5-12,31H,13-14H2,1-4H3,(H,23,24)(H,25,26). The summed E-state index contributed by atoms with van der Waals surface area (Å²) in [6, 6.07) is 14.6. The molecule has 1 unspecified atom stereocenters. The highest BCUT2D eigenvalue weighted by molar-refractivity contribution is 7.32. The van der Waals surface area contributed by atoms with Gasteiger partial charge in [-0.3, -0.25) is 13.9 Å². The largest absolute Gasteiger partial charge is 0.494 e. The average Bonchev–Trinajstić information content (AvgIpc) is 2.93. The maximum absolute atomic E-state index is 12.6. The zero-order valence-electron chi connectivity index (χ0n) is 18.0. The molecule has 1 atom stereocenters. The Labute approximate surface area is 182 Å². The number of rotatable bonds is 8. The van der Waals surface area contributed by atoms with Gasteiger partial charge in [0.1, 0.15) is 19.1 Å². The molecule has 10 heteroatoms. The molecule has 1 aliphatic rings. The van der Waals surface area contributed by atoms with Crippen molar-refractivity contribution < 1.29 is 32.8 Å². The third-order valence-corrected chi connectivity index (χ3v) is 5.83. The Morgan fingerprint density at radius 2 is 1.74 bits per heavy atom. The van der Waals surface area contributed by atoms with E-state index in [2.05, 4.69) is 9.84 Å². The first-order chi connectivity index (χ1) is 14.6. The fraction of sp³-hybridized carbons (Fsp3) is 0.381. The Morgan fingerprint density at radius 1 is 1.10 bits per heavy atom. The molecular formula is C21H27BNO7P. The minimum atomic E-state index is -3.14. The maximum atomic E-state index is 12.6. The SMILES string of the molecule is CC1(C)OB(c2ccc(C(=O)NCO[PH](=O)O)c(OCc3ccccc3)c2)OC1(C)C. The van der Waals surface area contributed by atoms with Gasteiger partial charge in [0.05, 0.1) is 16.8 Å². The van der Waals surface area contributed by atoms with E-state index >= 15 is 0 Å². The molecule has 1 aliphatic heterocycles. The summed E-state index contributed by atoms with van der Waals surface area (Å²) in [4.78, 5) is 21.4. The molecule has 1 amide bonds. The third-order valence-electron chi connectivity index (χ3n) is 5.44. The minimum absolute atomic E-state index is 0.259. The lowest BCUT2D eigenvalue weighted by Gasteiger charge is -2.32. The predicted octanol–water partition coefficient (Wildman–Crippen LogP) is 2.65. The van der Waals surface area contributed by atoms with Crippen molar-refractivity contribution in [1.29, 1.82) is 0 Å². The molecule has 0 spiro atoms. The van der Waals surface area contributed by atoms with Crippen LogP contribution in [0.1, 0.15) is 43.6 Å². The smallest absolute Gasteiger partial charge is 0.488 e. The fourth-order valence-electron chi connectivity index (χ4n) is 2.97. The highest BCUT2D eigenvalue weighted by atomic mass is 31.1. The number of carbonyl (C=O) groups excluding carboxylic acids is 1. The highest BCUT2D eigenvalue weighted by Gasteiger charge is 2.51. The van der Waals surface area contributed by atoms with E-state index in [-0.39, 0.29) is 18.9 Å². The lowest BCUT2D eigenvalue weighted by Crippen LogP contribution is -2.41. The van der Waals surface area contributed by atoms with Gasteiger partial charge in [0.25, 0.3) is 5.91 Å². The van der Waals surface area contributed by atoms with Gasteiger partial charge < -0.3 is 24.3 Å². The summed E-state index contributed by atoms with van der Waals surface area (Å²) in [6.45, 7) is 7.74. The molecule has 2 aromatic rings. The van der Waals surface area contributed by atoms with Crippen LogP contribution in [0.2, 0.25) is 0 Å². The number of hydrogen-bond donors (Lipinski definition) is 2. The number of carbonyl (C=O) groups is 1. The molecule has 8 nitrogen and oxygen atoms in total. The second-order valence-corrected chi connectivity index (χ2v) is 9.00. The monoisotopic (exact) mass is 447 g/mol. The van der Waals surface area contributed by atoms with Crippen LogP contribution in [0.3, 0.4) is 0 Å². The van der Waals surface area contributed by atoms with Crippen LogP contribution < -0.4 is 15.5 Å². The van der Waals surface area contributed by atoms with Gasteiger partial charge in [0, 0.05) is 0 Å². The van der Waals surface area contributed by atoms with Crippen molar-refractivity contribution in [2.45, 2.75) is 45.5 Å². The van der Waals surface area contributed by atoms with Crippen LogP contribution in [0.5, 0.6) is 5.75 Å². The van der Waals surface area contributed by atoms with Crippen LogP contribution >= 0.6 is 8.25 Å². The summed E-state index contributed by atoms with van der Waals surface area (Å²) >= 11 is 0. The van der Waals surface area contributed by atoms with Gasteiger partial charge in [-0.2, -0.15) is 0 Å². The van der Waals surface area contributed by atoms with Crippen molar-refractivity contribution in [1.82, 2.24) is 5.32 Å². The van der Waals surface area contributed by atoms with Crippen molar-refractivity contribution >= 4 is 26.7 Å². The number of ether oxygens (including phenoxy) is 1. The second kappa shape index (κ2) is 9.55. The molecule has 0 aromatic heterocycles. The van der Waals surface area contributed by atoms with Crippen molar-refractivity contribution in [2.24, 2.45) is 0 Å². The highest BCUT2D eigenvalue weighted by Crippen LogP contribution is 2.36. The molecule has 0 radical (unpaired) electrons. The van der Waals surface area contributed by atoms with Gasteiger partial charge in [-0.05, 0) is 50.9 Å². The Balaban J connectivity index is 1.84. The Hall–Kier alpha value is -2.16. The Kier molecular flexibility index (Phi) is 7.24. The zero-order valence-corrected chi connectivity index (χ0v) is 19.0. The van der Waals surface area contributed by atoms with Crippen LogP contribution in [0.25, 0.3) is 0 Å². The van der Waals surface area contributed by atoms with E-state index in [0.717, 1.165) is 11.0 Å². The quantitative estimate of drug-likeness (QED) is 0.364. The molecule has 0 bridgehead atoms. The number of benzene rings is 2. The first-order valence-electron chi connectivity index (χ1n) is 9.89. The predicted molar refractivity (Wildman–Crippen MR) is 118 cm³/mol. The van der Waals surface area contributed by atoms with E-state index in [1.54, 1.807) is 18.2 Å². The summed E-state index contributed by atoms with van der Waals surface area (Å²) in [5.74, 6) is -0.156. The zero-order chi connectivity index (χ0) is 22.6. The molecule has 166 valence electrons. The van der Waals surface area contributed by atoms with E-state index in [0.29, 0.717) is 5.75 Å². The molecule has 1 heterocycles. The molecule has 1 fully saturated rings. The van der Waals surface area contributed by atoms with Crippen LogP contribution in [-0.2, 0) is 25.0 Å². The summed E-state index contributed by atoms with van der Waals surface area (Å²) in [5.41, 5.74) is 0.917. The average molecular weight is 447 g/mol. The lowest BCUT2D eigenvalue weighted by molar-refractivity contribution is 0.00578. The minimum Gasteiger partial charge on any atom is -0.488 e.